The predicted molar refractivity (Wildman–Crippen MR) is 97.3 cm³/mol. The molecule has 6 heteroatoms. The van der Waals surface area contributed by atoms with Gasteiger partial charge in [-0.15, -0.1) is 0 Å². The third-order valence-corrected chi connectivity index (χ3v) is 5.55. The third-order valence-electron chi connectivity index (χ3n) is 4.68. The van der Waals surface area contributed by atoms with Crippen LogP contribution in [0.1, 0.15) is 39.0 Å². The standard InChI is InChI=1S/C18H23N3O2S/c1-12(13-7-3-2-4-8-13)19-16(22)11-24-18-20-15-10-6-5-9-14(15)17(23)21-18/h5-6,9-10,12-13H,2-4,7-8,11H2,1H3,(H,19,22)(H,20,21,23)/t12-/m0/s1. The second-order valence-corrected chi connectivity index (χ2v) is 7.40. The van der Waals surface area contributed by atoms with E-state index in [4.69, 9.17) is 0 Å². The van der Waals surface area contributed by atoms with E-state index in [0.29, 0.717) is 22.0 Å². The van der Waals surface area contributed by atoms with E-state index in [1.54, 1.807) is 12.1 Å². The molecule has 3 rings (SSSR count). The van der Waals surface area contributed by atoms with Gasteiger partial charge in [-0.05, 0) is 37.8 Å². The van der Waals surface area contributed by atoms with Crippen molar-refractivity contribution in [2.45, 2.75) is 50.2 Å². The normalized spacial score (nSPS) is 16.9. The van der Waals surface area contributed by atoms with E-state index in [1.165, 1.54) is 43.9 Å². The molecule has 128 valence electrons. The smallest absolute Gasteiger partial charge is 0.259 e. The first-order valence-electron chi connectivity index (χ1n) is 8.55. The molecule has 1 saturated carbocycles. The molecule has 24 heavy (non-hydrogen) atoms. The molecular formula is C18H23N3O2S. The lowest BCUT2D eigenvalue weighted by molar-refractivity contribution is -0.119. The number of fused-ring (bicyclic) bond motifs is 1. The molecule has 2 N–H and O–H groups in total. The minimum Gasteiger partial charge on any atom is -0.353 e. The van der Waals surface area contributed by atoms with Gasteiger partial charge in [0.05, 0.1) is 16.7 Å². The molecule has 1 aliphatic rings. The number of rotatable bonds is 5. The summed E-state index contributed by atoms with van der Waals surface area (Å²) in [7, 11) is 0. The number of H-pyrrole nitrogens is 1. The molecule has 0 saturated heterocycles. The van der Waals surface area contributed by atoms with Crippen molar-refractivity contribution in [1.29, 1.82) is 0 Å². The lowest BCUT2D eigenvalue weighted by Crippen LogP contribution is -2.39. The quantitative estimate of drug-likeness (QED) is 0.645. The Morgan fingerprint density at radius 2 is 2.08 bits per heavy atom. The van der Waals surface area contributed by atoms with E-state index >= 15 is 0 Å². The number of benzene rings is 1. The van der Waals surface area contributed by atoms with Crippen LogP contribution in [0.15, 0.2) is 34.2 Å². The molecule has 0 aliphatic heterocycles. The van der Waals surface area contributed by atoms with Crippen LogP contribution < -0.4 is 10.9 Å². The molecule has 0 bridgehead atoms. The molecule has 5 nitrogen and oxygen atoms in total. The van der Waals surface area contributed by atoms with Crippen molar-refractivity contribution in [2.75, 3.05) is 5.75 Å². The first-order chi connectivity index (χ1) is 11.6. The minimum absolute atomic E-state index is 0.00567. The fraction of sp³-hybridized carbons (Fsp3) is 0.500. The number of para-hydroxylation sites is 1. The molecule has 0 radical (unpaired) electrons. The van der Waals surface area contributed by atoms with Crippen LogP contribution in [0.2, 0.25) is 0 Å². The molecule has 0 unspecified atom stereocenters. The van der Waals surface area contributed by atoms with E-state index in [-0.39, 0.29) is 23.3 Å². The van der Waals surface area contributed by atoms with Crippen LogP contribution in [0, 0.1) is 5.92 Å². The van der Waals surface area contributed by atoms with Crippen LogP contribution in [0.5, 0.6) is 0 Å². The fourth-order valence-corrected chi connectivity index (χ4v) is 3.99. The molecule has 2 aromatic rings. The Labute approximate surface area is 145 Å². The van der Waals surface area contributed by atoms with Crippen molar-refractivity contribution in [3.8, 4) is 0 Å². The molecule has 1 fully saturated rings. The number of amides is 1. The van der Waals surface area contributed by atoms with Gasteiger partial charge in [0.2, 0.25) is 5.91 Å². The monoisotopic (exact) mass is 345 g/mol. The highest BCUT2D eigenvalue weighted by Gasteiger charge is 2.21. The van der Waals surface area contributed by atoms with Gasteiger partial charge in [-0.2, -0.15) is 0 Å². The van der Waals surface area contributed by atoms with Gasteiger partial charge in [-0.25, -0.2) is 4.98 Å². The van der Waals surface area contributed by atoms with Gasteiger partial charge in [-0.3, -0.25) is 9.59 Å². The molecule has 0 spiro atoms. The van der Waals surface area contributed by atoms with Crippen molar-refractivity contribution in [2.24, 2.45) is 5.92 Å². The molecule has 1 aliphatic carbocycles. The van der Waals surface area contributed by atoms with Gasteiger partial charge in [0.25, 0.3) is 5.56 Å². The summed E-state index contributed by atoms with van der Waals surface area (Å²) in [5.74, 6) is 0.846. The Balaban J connectivity index is 1.57. The molecular weight excluding hydrogens is 322 g/mol. The Morgan fingerprint density at radius 3 is 2.88 bits per heavy atom. The number of carbonyl (C=O) groups is 1. The van der Waals surface area contributed by atoms with E-state index in [0.717, 1.165) is 0 Å². The zero-order valence-electron chi connectivity index (χ0n) is 13.9. The van der Waals surface area contributed by atoms with Crippen molar-refractivity contribution < 1.29 is 4.79 Å². The van der Waals surface area contributed by atoms with E-state index in [9.17, 15) is 9.59 Å². The van der Waals surface area contributed by atoms with Crippen molar-refractivity contribution >= 4 is 28.6 Å². The zero-order chi connectivity index (χ0) is 16.9. The SMILES string of the molecule is C[C@H](NC(=O)CSc1nc2ccccc2c(=O)[nH]1)C1CCCCC1. The summed E-state index contributed by atoms with van der Waals surface area (Å²) in [4.78, 5) is 31.3. The minimum atomic E-state index is -0.168. The van der Waals surface area contributed by atoms with E-state index in [2.05, 4.69) is 22.2 Å². The summed E-state index contributed by atoms with van der Waals surface area (Å²) >= 11 is 1.27. The second kappa shape index (κ2) is 7.83. The molecule has 1 heterocycles. The van der Waals surface area contributed by atoms with Gasteiger partial charge >= 0.3 is 0 Å². The summed E-state index contributed by atoms with van der Waals surface area (Å²) < 4.78 is 0. The first kappa shape index (κ1) is 17.0. The van der Waals surface area contributed by atoms with Crippen LogP contribution in [-0.4, -0.2) is 27.7 Å². The maximum absolute atomic E-state index is 12.2. The summed E-state index contributed by atoms with van der Waals surface area (Å²) in [6.45, 7) is 2.09. The third kappa shape index (κ3) is 4.17. The van der Waals surface area contributed by atoms with Crippen molar-refractivity contribution in [3.05, 3.63) is 34.6 Å². The van der Waals surface area contributed by atoms with Crippen molar-refractivity contribution in [1.82, 2.24) is 15.3 Å². The maximum atomic E-state index is 12.2. The fourth-order valence-electron chi connectivity index (χ4n) is 3.31. The van der Waals surface area contributed by atoms with Crippen LogP contribution in [0.25, 0.3) is 10.9 Å². The topological polar surface area (TPSA) is 74.8 Å². The average molecular weight is 345 g/mol. The van der Waals surface area contributed by atoms with Crippen LogP contribution in [0.4, 0.5) is 0 Å². The summed E-state index contributed by atoms with van der Waals surface area (Å²) in [6, 6.07) is 7.42. The lowest BCUT2D eigenvalue weighted by Gasteiger charge is -2.28. The number of aromatic nitrogens is 2. The summed E-state index contributed by atoms with van der Waals surface area (Å²) in [6.07, 6.45) is 6.25. The largest absolute Gasteiger partial charge is 0.353 e. The second-order valence-electron chi connectivity index (χ2n) is 6.43. The van der Waals surface area contributed by atoms with Gasteiger partial charge in [0.1, 0.15) is 0 Å². The maximum Gasteiger partial charge on any atom is 0.259 e. The highest BCUT2D eigenvalue weighted by Crippen LogP contribution is 2.26. The Kier molecular flexibility index (Phi) is 5.56. The zero-order valence-corrected chi connectivity index (χ0v) is 14.7. The van der Waals surface area contributed by atoms with Crippen LogP contribution in [-0.2, 0) is 4.79 Å². The molecule has 1 aromatic carbocycles. The number of aromatic amines is 1. The highest BCUT2D eigenvalue weighted by atomic mass is 32.2. The average Bonchev–Trinajstić information content (AvgIpc) is 2.61. The van der Waals surface area contributed by atoms with Crippen LogP contribution >= 0.6 is 11.8 Å². The van der Waals surface area contributed by atoms with Crippen LogP contribution in [0.3, 0.4) is 0 Å². The van der Waals surface area contributed by atoms with Gasteiger partial charge < -0.3 is 10.3 Å². The Hall–Kier alpha value is -1.82. The van der Waals surface area contributed by atoms with E-state index < -0.39 is 0 Å². The Morgan fingerprint density at radius 1 is 1.33 bits per heavy atom. The highest BCUT2D eigenvalue weighted by molar-refractivity contribution is 7.99. The van der Waals surface area contributed by atoms with Gasteiger partial charge in [0, 0.05) is 6.04 Å². The van der Waals surface area contributed by atoms with Gasteiger partial charge in [0.15, 0.2) is 5.16 Å². The predicted octanol–water partition coefficient (Wildman–Crippen LogP) is 3.10. The molecule has 1 aromatic heterocycles. The molecule has 1 atom stereocenters. The number of thioether (sulfide) groups is 1. The Bertz CT molecular complexity index is 768. The number of hydrogen-bond acceptors (Lipinski definition) is 4. The first-order valence-corrected chi connectivity index (χ1v) is 9.53. The number of hydrogen-bond donors (Lipinski definition) is 2. The number of carbonyl (C=O) groups excluding carboxylic acids is 1. The number of nitrogens with zero attached hydrogens (tertiary/aromatic N) is 1. The molecule has 1 amide bonds. The number of nitrogens with one attached hydrogen (secondary N) is 2. The summed E-state index contributed by atoms with van der Waals surface area (Å²) in [5.41, 5.74) is 0.485. The summed E-state index contributed by atoms with van der Waals surface area (Å²) in [5, 5.41) is 4.14. The van der Waals surface area contributed by atoms with Crippen molar-refractivity contribution in [3.63, 3.8) is 0 Å². The van der Waals surface area contributed by atoms with E-state index in [1.807, 2.05) is 12.1 Å². The lowest BCUT2D eigenvalue weighted by atomic mass is 9.84. The van der Waals surface area contributed by atoms with Gasteiger partial charge in [-0.1, -0.05) is 43.2 Å².